The molecule has 1 aromatic carbocycles. The molecule has 5 heteroatoms. The Kier molecular flexibility index (Phi) is 3.95. The second-order valence-corrected chi connectivity index (χ2v) is 5.60. The van der Waals surface area contributed by atoms with Crippen LogP contribution in [-0.4, -0.2) is 12.4 Å². The number of halogens is 2. The van der Waals surface area contributed by atoms with Crippen LogP contribution in [0.4, 0.5) is 8.78 Å². The van der Waals surface area contributed by atoms with Crippen LogP contribution in [-0.2, 0) is 0 Å². The summed E-state index contributed by atoms with van der Waals surface area (Å²) in [4.78, 5) is 13.9. The van der Waals surface area contributed by atoms with Gasteiger partial charge in [0.1, 0.15) is 17.4 Å². The zero-order valence-corrected chi connectivity index (χ0v) is 11.3. The van der Waals surface area contributed by atoms with Crippen LogP contribution in [0.15, 0.2) is 24.3 Å². The lowest BCUT2D eigenvalue weighted by Crippen LogP contribution is -2.12. The summed E-state index contributed by atoms with van der Waals surface area (Å²) in [6, 6.07) is 4.63. The Hall–Kier alpha value is -1.75. The van der Waals surface area contributed by atoms with E-state index in [1.165, 1.54) is 11.3 Å². The van der Waals surface area contributed by atoms with Crippen LogP contribution in [0.2, 0.25) is 0 Å². The molecule has 0 spiro atoms. The molecule has 0 unspecified atom stereocenters. The zero-order chi connectivity index (χ0) is 14.0. The Bertz CT molecular complexity index is 600. The minimum Gasteiger partial charge on any atom is -0.485 e. The predicted molar refractivity (Wildman–Crippen MR) is 70.0 cm³/mol. The molecule has 2 nitrogen and oxygen atoms in total. The maximum Gasteiger partial charge on any atom is 0.201 e. The lowest BCUT2D eigenvalue weighted by atomic mass is 10.2. The molecule has 0 bridgehead atoms. The summed E-state index contributed by atoms with van der Waals surface area (Å²) in [5, 5.41) is 0. The van der Waals surface area contributed by atoms with Crippen molar-refractivity contribution < 1.29 is 18.3 Å². The highest BCUT2D eigenvalue weighted by atomic mass is 32.1. The first-order chi connectivity index (χ1) is 8.95. The SMILES string of the molecule is Cc1cc(C(=O)COc2cc(F)cc(F)c2)c(C)s1. The lowest BCUT2D eigenvalue weighted by molar-refractivity contribution is 0.0920. The van der Waals surface area contributed by atoms with E-state index < -0.39 is 11.6 Å². The molecule has 0 saturated carbocycles. The van der Waals surface area contributed by atoms with Crippen LogP contribution >= 0.6 is 11.3 Å². The lowest BCUT2D eigenvalue weighted by Gasteiger charge is -2.05. The van der Waals surface area contributed by atoms with Crippen LogP contribution in [0.1, 0.15) is 20.1 Å². The van der Waals surface area contributed by atoms with Gasteiger partial charge in [0.05, 0.1) is 0 Å². The van der Waals surface area contributed by atoms with Gasteiger partial charge in [-0.15, -0.1) is 11.3 Å². The van der Waals surface area contributed by atoms with Crippen molar-refractivity contribution in [1.82, 2.24) is 0 Å². The van der Waals surface area contributed by atoms with E-state index in [2.05, 4.69) is 0 Å². The third-order valence-corrected chi connectivity index (χ3v) is 3.51. The Morgan fingerprint density at radius 2 is 1.79 bits per heavy atom. The fraction of sp³-hybridized carbons (Fsp3) is 0.214. The maximum absolute atomic E-state index is 12.9. The van der Waals surface area contributed by atoms with E-state index in [1.807, 2.05) is 13.8 Å². The quantitative estimate of drug-likeness (QED) is 0.795. The molecule has 0 radical (unpaired) electrons. The van der Waals surface area contributed by atoms with Gasteiger partial charge < -0.3 is 4.74 Å². The molecular formula is C14H12F2O2S. The smallest absolute Gasteiger partial charge is 0.201 e. The number of Topliss-reactive ketones (excluding diaryl/α,β-unsaturated/α-hetero) is 1. The zero-order valence-electron chi connectivity index (χ0n) is 10.5. The van der Waals surface area contributed by atoms with E-state index in [-0.39, 0.29) is 18.1 Å². The summed E-state index contributed by atoms with van der Waals surface area (Å²) < 4.78 is 31.0. The molecule has 2 rings (SSSR count). The molecule has 0 fully saturated rings. The molecule has 1 aromatic heterocycles. The summed E-state index contributed by atoms with van der Waals surface area (Å²) in [7, 11) is 0. The van der Waals surface area contributed by atoms with Gasteiger partial charge in [-0.05, 0) is 19.9 Å². The summed E-state index contributed by atoms with van der Waals surface area (Å²) >= 11 is 1.53. The van der Waals surface area contributed by atoms with Crippen molar-refractivity contribution in [1.29, 1.82) is 0 Å². The van der Waals surface area contributed by atoms with Crippen LogP contribution in [0.5, 0.6) is 5.75 Å². The van der Waals surface area contributed by atoms with Gasteiger partial charge in [-0.25, -0.2) is 8.78 Å². The van der Waals surface area contributed by atoms with Crippen molar-refractivity contribution in [2.75, 3.05) is 6.61 Å². The van der Waals surface area contributed by atoms with Crippen molar-refractivity contribution >= 4 is 17.1 Å². The molecular weight excluding hydrogens is 270 g/mol. The van der Waals surface area contributed by atoms with Crippen molar-refractivity contribution in [2.24, 2.45) is 0 Å². The number of carbonyl (C=O) groups is 1. The van der Waals surface area contributed by atoms with Gasteiger partial charge in [-0.3, -0.25) is 4.79 Å². The topological polar surface area (TPSA) is 26.3 Å². The highest BCUT2D eigenvalue weighted by molar-refractivity contribution is 7.12. The molecule has 19 heavy (non-hydrogen) atoms. The number of rotatable bonds is 4. The Morgan fingerprint density at radius 1 is 1.16 bits per heavy atom. The van der Waals surface area contributed by atoms with E-state index in [1.54, 1.807) is 6.07 Å². The molecule has 0 aliphatic carbocycles. The van der Waals surface area contributed by atoms with Crippen molar-refractivity contribution in [3.63, 3.8) is 0 Å². The van der Waals surface area contributed by atoms with Gasteiger partial charge >= 0.3 is 0 Å². The maximum atomic E-state index is 12.9. The predicted octanol–water partition coefficient (Wildman–Crippen LogP) is 3.90. The van der Waals surface area contributed by atoms with Gasteiger partial charge in [0.25, 0.3) is 0 Å². The normalized spacial score (nSPS) is 10.5. The summed E-state index contributed by atoms with van der Waals surface area (Å²) in [6.45, 7) is 3.53. The Balaban J connectivity index is 2.06. The standard InChI is InChI=1S/C14H12F2O2S/c1-8-3-13(9(2)19-8)14(17)7-18-12-5-10(15)4-11(16)6-12/h3-6H,7H2,1-2H3. The summed E-state index contributed by atoms with van der Waals surface area (Å²) in [6.07, 6.45) is 0. The molecule has 0 aliphatic rings. The van der Waals surface area contributed by atoms with Gasteiger partial charge in [-0.2, -0.15) is 0 Å². The van der Waals surface area contributed by atoms with Crippen molar-refractivity contribution in [2.45, 2.75) is 13.8 Å². The summed E-state index contributed by atoms with van der Waals surface area (Å²) in [5.41, 5.74) is 0.597. The average molecular weight is 282 g/mol. The third-order valence-electron chi connectivity index (χ3n) is 2.55. The van der Waals surface area contributed by atoms with Crippen molar-refractivity contribution in [3.05, 3.63) is 51.2 Å². The number of hydrogen-bond acceptors (Lipinski definition) is 3. The first kappa shape index (κ1) is 13.7. The minimum absolute atomic E-state index is 0.00968. The Morgan fingerprint density at radius 3 is 2.32 bits per heavy atom. The van der Waals surface area contributed by atoms with Gasteiger partial charge in [-0.1, -0.05) is 0 Å². The monoisotopic (exact) mass is 282 g/mol. The Labute approximate surface area is 113 Å². The fourth-order valence-electron chi connectivity index (χ4n) is 1.75. The van der Waals surface area contributed by atoms with Crippen LogP contribution in [0, 0.1) is 25.5 Å². The van der Waals surface area contributed by atoms with Gasteiger partial charge in [0.15, 0.2) is 6.61 Å². The summed E-state index contributed by atoms with van der Waals surface area (Å²) in [5.74, 6) is -1.66. The van der Waals surface area contributed by atoms with Crippen LogP contribution < -0.4 is 4.74 Å². The number of benzene rings is 1. The molecule has 0 amide bonds. The van der Waals surface area contributed by atoms with E-state index in [0.29, 0.717) is 5.56 Å². The second kappa shape index (κ2) is 5.48. The molecule has 0 N–H and O–H groups in total. The molecule has 0 aliphatic heterocycles. The number of thiophene rings is 1. The van der Waals surface area contributed by atoms with Crippen molar-refractivity contribution in [3.8, 4) is 5.75 Å². The second-order valence-electron chi connectivity index (χ2n) is 4.14. The molecule has 0 saturated heterocycles. The first-order valence-electron chi connectivity index (χ1n) is 5.65. The highest BCUT2D eigenvalue weighted by Gasteiger charge is 2.13. The first-order valence-corrected chi connectivity index (χ1v) is 6.46. The number of hydrogen-bond donors (Lipinski definition) is 0. The molecule has 2 aromatic rings. The van der Waals surface area contributed by atoms with E-state index >= 15 is 0 Å². The number of carbonyl (C=O) groups excluding carboxylic acids is 1. The fourth-order valence-corrected chi connectivity index (χ4v) is 2.69. The number of ketones is 1. The van der Waals surface area contributed by atoms with Gasteiger partial charge in [0, 0.05) is 33.5 Å². The van der Waals surface area contributed by atoms with Crippen LogP contribution in [0.25, 0.3) is 0 Å². The minimum atomic E-state index is -0.731. The molecule has 1 heterocycles. The number of aryl methyl sites for hydroxylation is 2. The largest absolute Gasteiger partial charge is 0.485 e. The van der Waals surface area contributed by atoms with Crippen LogP contribution in [0.3, 0.4) is 0 Å². The molecule has 0 atom stereocenters. The van der Waals surface area contributed by atoms with E-state index in [0.717, 1.165) is 28.0 Å². The average Bonchev–Trinajstić information content (AvgIpc) is 2.64. The number of ether oxygens (including phenoxy) is 1. The highest BCUT2D eigenvalue weighted by Crippen LogP contribution is 2.22. The third kappa shape index (κ3) is 3.38. The molecule has 100 valence electrons. The van der Waals surface area contributed by atoms with E-state index in [4.69, 9.17) is 4.74 Å². The van der Waals surface area contributed by atoms with Gasteiger partial charge in [0.2, 0.25) is 5.78 Å². The van der Waals surface area contributed by atoms with E-state index in [9.17, 15) is 13.6 Å².